The van der Waals surface area contributed by atoms with E-state index in [9.17, 15) is 38.4 Å². The zero-order chi connectivity index (χ0) is 62.3. The zero-order valence-corrected chi connectivity index (χ0v) is 54.5. The third-order valence-corrected chi connectivity index (χ3v) is 15.1. The highest BCUT2D eigenvalue weighted by Gasteiger charge is 2.27. The molecule has 0 fully saturated rings. The fourth-order valence-electron chi connectivity index (χ4n) is 7.94. The normalized spacial score (nSPS) is 10.5. The number of hydrogen-bond acceptors (Lipinski definition) is 16. The average Bonchev–Trinajstić information content (AvgIpc) is 2.66. The number of esters is 4. The molecule has 0 amide bonds. The number of rotatable bonds is 12. The van der Waals surface area contributed by atoms with E-state index in [4.69, 9.17) is 36.6 Å². The Morgan fingerprint density at radius 2 is 0.452 bits per heavy atom. The first-order valence-electron chi connectivity index (χ1n) is 26.1. The zero-order valence-electron chi connectivity index (χ0n) is 48.1. The summed E-state index contributed by atoms with van der Waals surface area (Å²) in [5.41, 5.74) is 6.05. The molecule has 4 heterocycles. The molecule has 0 radical (unpaired) electrons. The Balaban J connectivity index is 0.000000205. The van der Waals surface area contributed by atoms with Gasteiger partial charge in [0.15, 0.2) is 23.0 Å². The molecule has 0 aliphatic heterocycles. The highest BCUT2D eigenvalue weighted by Crippen LogP contribution is 2.32. The predicted molar refractivity (Wildman–Crippen MR) is 334 cm³/mol. The highest BCUT2D eigenvalue weighted by molar-refractivity contribution is 9.11. The van der Waals surface area contributed by atoms with Gasteiger partial charge in [-0.3, -0.25) is 0 Å². The molecule has 440 valence electrons. The van der Waals surface area contributed by atoms with Gasteiger partial charge in [-0.15, -0.1) is 0 Å². The van der Waals surface area contributed by atoms with E-state index in [1.54, 1.807) is 132 Å². The summed E-state index contributed by atoms with van der Waals surface area (Å²) < 4.78 is 45.3. The van der Waals surface area contributed by atoms with Crippen LogP contribution < -0.4 is 22.5 Å². The van der Waals surface area contributed by atoms with Gasteiger partial charge in [0.25, 0.3) is 0 Å². The minimum Gasteiger partial charge on any atom is -0.462 e. The second kappa shape index (κ2) is 30.9. The van der Waals surface area contributed by atoms with Crippen molar-refractivity contribution in [3.63, 3.8) is 0 Å². The van der Waals surface area contributed by atoms with Crippen LogP contribution in [-0.2, 0) is 18.9 Å². The summed E-state index contributed by atoms with van der Waals surface area (Å²) in [6.45, 7) is 21.4. The van der Waals surface area contributed by atoms with E-state index in [0.717, 1.165) is 17.9 Å². The van der Waals surface area contributed by atoms with Crippen molar-refractivity contribution in [3.8, 4) is 45.3 Å². The molecule has 0 saturated carbocycles. The van der Waals surface area contributed by atoms with Crippen LogP contribution in [0.4, 0.5) is 0 Å². The lowest BCUT2D eigenvalue weighted by Crippen LogP contribution is -2.15. The summed E-state index contributed by atoms with van der Waals surface area (Å²) in [4.78, 5) is 96.4. The summed E-state index contributed by atoms with van der Waals surface area (Å²) in [6.07, 6.45) is 0. The molecule has 0 aliphatic rings. The van der Waals surface area contributed by atoms with Gasteiger partial charge in [0.2, 0.25) is 0 Å². The van der Waals surface area contributed by atoms with Crippen LogP contribution in [0.5, 0.6) is 0 Å². The topological polar surface area (TPSA) is 226 Å². The van der Waals surface area contributed by atoms with E-state index in [1.807, 2.05) is 48.5 Å². The van der Waals surface area contributed by atoms with Crippen LogP contribution in [-0.4, -0.2) is 50.3 Å². The molecule has 8 rings (SSSR count). The van der Waals surface area contributed by atoms with Crippen LogP contribution in [0.3, 0.4) is 0 Å². The summed E-state index contributed by atoms with van der Waals surface area (Å²) in [7, 11) is 0. The predicted octanol–water partition coefficient (Wildman–Crippen LogP) is 15.5. The maximum atomic E-state index is 12.2. The van der Waals surface area contributed by atoms with Crippen molar-refractivity contribution >= 4 is 87.6 Å². The maximum absolute atomic E-state index is 12.2. The first kappa shape index (κ1) is 67.3. The van der Waals surface area contributed by atoms with E-state index >= 15 is 0 Å². The van der Waals surface area contributed by atoms with Crippen LogP contribution in [0.2, 0.25) is 0 Å². The lowest BCUT2D eigenvalue weighted by Gasteiger charge is -2.12. The van der Waals surface area contributed by atoms with Gasteiger partial charge >= 0.3 is 46.4 Å². The van der Waals surface area contributed by atoms with E-state index < -0.39 is 46.4 Å². The lowest BCUT2D eigenvalue weighted by atomic mass is 10.0. The highest BCUT2D eigenvalue weighted by atomic mass is 79.9. The molecular formula is C64H60Br4O16. The van der Waals surface area contributed by atoms with Crippen molar-refractivity contribution in [2.75, 3.05) is 26.4 Å². The molecule has 16 nitrogen and oxygen atoms in total. The summed E-state index contributed by atoms with van der Waals surface area (Å²) >= 11 is 13.4. The standard InChI is InChI=1S/4C16H15BrO4/c4*1-4-20-16(19)13-9(2)10(3)15(18)21-14(13)11-5-7-12(17)8-6-11/h4*5-8H,4H2,1-3H3. The Bertz CT molecular complexity index is 3430. The van der Waals surface area contributed by atoms with Crippen molar-refractivity contribution in [2.45, 2.75) is 83.1 Å². The van der Waals surface area contributed by atoms with Gasteiger partial charge in [-0.1, -0.05) is 112 Å². The molecule has 4 aromatic carbocycles. The molecule has 0 atom stereocenters. The van der Waals surface area contributed by atoms with E-state index in [0.29, 0.717) is 89.0 Å². The number of ether oxygens (including phenoxy) is 4. The third kappa shape index (κ3) is 16.4. The van der Waals surface area contributed by atoms with Gasteiger partial charge in [-0.25, -0.2) is 38.4 Å². The molecule has 84 heavy (non-hydrogen) atoms. The maximum Gasteiger partial charge on any atom is 0.342 e. The number of hydrogen-bond donors (Lipinski definition) is 0. The third-order valence-electron chi connectivity index (χ3n) is 13.0. The Kier molecular flexibility index (Phi) is 24.7. The van der Waals surface area contributed by atoms with Crippen molar-refractivity contribution < 1.29 is 55.8 Å². The van der Waals surface area contributed by atoms with Gasteiger partial charge in [-0.05, 0) is 154 Å². The van der Waals surface area contributed by atoms with Crippen molar-refractivity contribution in [3.05, 3.63) is 223 Å². The molecule has 8 aromatic rings. The molecular weight excluding hydrogens is 1340 g/mol. The van der Waals surface area contributed by atoms with Gasteiger partial charge in [0.1, 0.15) is 22.3 Å². The number of carbonyl (C=O) groups is 4. The molecule has 0 bridgehead atoms. The Labute approximate surface area is 518 Å². The fraction of sp³-hybridized carbons (Fsp3) is 0.250. The molecule has 0 saturated heterocycles. The molecule has 4 aromatic heterocycles. The fourth-order valence-corrected chi connectivity index (χ4v) is 9.00. The molecule has 20 heteroatoms. The van der Waals surface area contributed by atoms with Crippen molar-refractivity contribution in [1.29, 1.82) is 0 Å². The molecule has 0 spiro atoms. The summed E-state index contributed by atoms with van der Waals surface area (Å²) in [5.74, 6) is -0.967. The minimum atomic E-state index is -0.486. The van der Waals surface area contributed by atoms with E-state index in [-0.39, 0.29) is 49.5 Å². The first-order valence-corrected chi connectivity index (χ1v) is 29.3. The van der Waals surface area contributed by atoms with Crippen LogP contribution in [0.1, 0.15) is 114 Å². The Hall–Kier alpha value is -7.52. The van der Waals surface area contributed by atoms with Crippen LogP contribution in [0.25, 0.3) is 45.3 Å². The van der Waals surface area contributed by atoms with Gasteiger partial charge < -0.3 is 36.6 Å². The Morgan fingerprint density at radius 1 is 0.298 bits per heavy atom. The van der Waals surface area contributed by atoms with Gasteiger partial charge in [0, 0.05) is 62.4 Å². The van der Waals surface area contributed by atoms with E-state index in [2.05, 4.69) is 63.7 Å². The quantitative estimate of drug-likeness (QED) is 0.0818. The number of halogens is 4. The molecule has 0 unspecified atom stereocenters. The summed E-state index contributed by atoms with van der Waals surface area (Å²) in [5, 5.41) is 0. The monoisotopic (exact) mass is 1400 g/mol. The van der Waals surface area contributed by atoms with Crippen molar-refractivity contribution in [2.24, 2.45) is 0 Å². The van der Waals surface area contributed by atoms with Crippen LogP contribution in [0, 0.1) is 55.4 Å². The Morgan fingerprint density at radius 3 is 0.595 bits per heavy atom. The van der Waals surface area contributed by atoms with Gasteiger partial charge in [-0.2, -0.15) is 0 Å². The number of benzene rings is 4. The second-order valence-corrected chi connectivity index (χ2v) is 21.9. The lowest BCUT2D eigenvalue weighted by molar-refractivity contribution is 0.0513. The number of carbonyl (C=O) groups excluding carboxylic acids is 4. The molecule has 0 N–H and O–H groups in total. The SMILES string of the molecule is CCOC(=O)c1c(-c2ccc(Br)cc2)oc(=O)c(C)c1C.CCOC(=O)c1c(-c2ccc(Br)cc2)oc(=O)c(C)c1C.CCOC(=O)c1c(-c2ccc(Br)cc2)oc(=O)c(C)c1C.CCOC(=O)c1c(-c2ccc(Br)cc2)oc(=O)c(C)c1C. The summed E-state index contributed by atoms with van der Waals surface area (Å²) in [6, 6.07) is 28.8. The van der Waals surface area contributed by atoms with Gasteiger partial charge in [0.05, 0.1) is 26.4 Å². The smallest absolute Gasteiger partial charge is 0.342 e. The van der Waals surface area contributed by atoms with Crippen molar-refractivity contribution in [1.82, 2.24) is 0 Å². The first-order chi connectivity index (χ1) is 39.8. The van der Waals surface area contributed by atoms with E-state index in [1.165, 1.54) is 0 Å². The van der Waals surface area contributed by atoms with Crippen LogP contribution >= 0.6 is 63.7 Å². The molecule has 0 aliphatic carbocycles. The van der Waals surface area contributed by atoms with Crippen LogP contribution in [0.15, 0.2) is 152 Å². The second-order valence-electron chi connectivity index (χ2n) is 18.3. The minimum absolute atomic E-state index is 0.244. The largest absolute Gasteiger partial charge is 0.462 e. The average molecular weight is 1400 g/mol.